The van der Waals surface area contributed by atoms with Crippen molar-refractivity contribution in [1.29, 1.82) is 0 Å². The van der Waals surface area contributed by atoms with Crippen LogP contribution in [0.4, 0.5) is 0 Å². The number of primary amides is 1. The van der Waals surface area contributed by atoms with Crippen LogP contribution < -0.4 is 22.1 Å². The molecule has 0 aromatic heterocycles. The summed E-state index contributed by atoms with van der Waals surface area (Å²) in [6, 6.07) is -3.81. The molecule has 0 radical (unpaired) electrons. The van der Waals surface area contributed by atoms with Crippen molar-refractivity contribution in [2.24, 2.45) is 11.5 Å². The molecule has 7 N–H and O–H groups in total. The van der Waals surface area contributed by atoms with Gasteiger partial charge in [-0.1, -0.05) is 0 Å². The van der Waals surface area contributed by atoms with Crippen LogP contribution in [-0.4, -0.2) is 94.3 Å². The first-order chi connectivity index (χ1) is 15.6. The highest BCUT2D eigenvalue weighted by molar-refractivity contribution is 7.98. The van der Waals surface area contributed by atoms with E-state index < -0.39 is 53.8 Å². The Labute approximate surface area is 202 Å². The molecule has 33 heavy (non-hydrogen) atoms. The van der Waals surface area contributed by atoms with Crippen molar-refractivity contribution in [3.05, 3.63) is 0 Å². The first kappa shape index (κ1) is 29.0. The highest BCUT2D eigenvalue weighted by Gasteiger charge is 2.38. The van der Waals surface area contributed by atoms with E-state index >= 15 is 0 Å². The Morgan fingerprint density at radius 1 is 1.00 bits per heavy atom. The zero-order valence-electron chi connectivity index (χ0n) is 19.1. The van der Waals surface area contributed by atoms with E-state index in [1.54, 1.807) is 11.8 Å². The van der Waals surface area contributed by atoms with Crippen LogP contribution in [0.5, 0.6) is 0 Å². The molecule has 1 saturated heterocycles. The minimum atomic E-state index is -1.14. The summed E-state index contributed by atoms with van der Waals surface area (Å²) in [5.74, 6) is -2.14. The van der Waals surface area contributed by atoms with Crippen LogP contribution in [0.3, 0.4) is 0 Å². The summed E-state index contributed by atoms with van der Waals surface area (Å²) in [5.41, 5.74) is 11.1. The second-order valence-corrected chi connectivity index (χ2v) is 9.80. The molecular weight excluding hydrogens is 470 g/mol. The van der Waals surface area contributed by atoms with Gasteiger partial charge in [0.15, 0.2) is 0 Å². The number of rotatable bonds is 15. The SMILES string of the molecule is CSCC[C@H](NC(=O)[C@@H](N)CCSC)C(=O)N[C@@H](CCC(N)=O)C(=O)N1CCC[C@H]1C(=O)O. The van der Waals surface area contributed by atoms with Gasteiger partial charge in [-0.3, -0.25) is 19.2 Å². The summed E-state index contributed by atoms with van der Waals surface area (Å²) >= 11 is 3.05. The van der Waals surface area contributed by atoms with Crippen molar-refractivity contribution in [2.45, 2.75) is 62.7 Å². The minimum Gasteiger partial charge on any atom is -0.480 e. The smallest absolute Gasteiger partial charge is 0.326 e. The Bertz CT molecular complexity index is 710. The molecule has 1 heterocycles. The topological polar surface area (TPSA) is 185 Å². The molecule has 0 unspecified atom stereocenters. The molecule has 0 aliphatic carbocycles. The largest absolute Gasteiger partial charge is 0.480 e. The number of nitrogens with zero attached hydrogens (tertiary/aromatic N) is 1. The van der Waals surface area contributed by atoms with Crippen LogP contribution in [0.1, 0.15) is 38.5 Å². The number of likely N-dealkylation sites (tertiary alicyclic amines) is 1. The van der Waals surface area contributed by atoms with E-state index in [0.717, 1.165) is 0 Å². The standard InChI is InChI=1S/C20H35N5O6S2/c1-32-10-7-12(21)17(27)23-13(8-11-33-2)18(28)24-14(5-6-16(22)26)19(29)25-9-3-4-15(25)20(30)31/h12-15H,3-11,21H2,1-2H3,(H2,22,26)(H,23,27)(H,24,28)(H,30,31)/t12-,13-,14-,15-/m0/s1. The number of carboxylic acid groups (broad SMARTS) is 1. The summed E-state index contributed by atoms with van der Waals surface area (Å²) in [5, 5.41) is 14.7. The Balaban J connectivity index is 2.96. The third kappa shape index (κ3) is 9.80. The van der Waals surface area contributed by atoms with Crippen LogP contribution in [0, 0.1) is 0 Å². The molecule has 188 valence electrons. The molecule has 4 atom stereocenters. The molecule has 11 nitrogen and oxygen atoms in total. The van der Waals surface area contributed by atoms with E-state index in [0.29, 0.717) is 37.2 Å². The van der Waals surface area contributed by atoms with E-state index in [9.17, 15) is 29.1 Å². The number of carbonyl (C=O) groups excluding carboxylic acids is 4. The summed E-state index contributed by atoms with van der Waals surface area (Å²) < 4.78 is 0. The van der Waals surface area contributed by atoms with Gasteiger partial charge in [0.1, 0.15) is 18.1 Å². The molecule has 0 aromatic rings. The third-order valence-electron chi connectivity index (χ3n) is 5.33. The lowest BCUT2D eigenvalue weighted by atomic mass is 10.1. The normalized spacial score (nSPS) is 18.3. The maximum absolute atomic E-state index is 13.1. The Hall–Kier alpha value is -1.99. The maximum atomic E-state index is 13.1. The zero-order valence-corrected chi connectivity index (χ0v) is 20.7. The van der Waals surface area contributed by atoms with Crippen LogP contribution in [0.15, 0.2) is 0 Å². The van der Waals surface area contributed by atoms with Gasteiger partial charge < -0.3 is 32.1 Å². The van der Waals surface area contributed by atoms with E-state index in [2.05, 4.69) is 10.6 Å². The molecule has 1 aliphatic heterocycles. The number of nitrogens with one attached hydrogen (secondary N) is 2. The van der Waals surface area contributed by atoms with Crippen LogP contribution in [0.2, 0.25) is 0 Å². The molecule has 0 spiro atoms. The molecule has 1 rings (SSSR count). The van der Waals surface area contributed by atoms with Crippen LogP contribution in [-0.2, 0) is 24.0 Å². The van der Waals surface area contributed by atoms with Crippen molar-refractivity contribution in [1.82, 2.24) is 15.5 Å². The second-order valence-electron chi connectivity index (χ2n) is 7.82. The number of aliphatic carboxylic acids is 1. The van der Waals surface area contributed by atoms with Crippen LogP contribution >= 0.6 is 23.5 Å². The molecule has 0 saturated carbocycles. The number of hydrogen-bond acceptors (Lipinski definition) is 8. The highest BCUT2D eigenvalue weighted by Crippen LogP contribution is 2.20. The average molecular weight is 506 g/mol. The van der Waals surface area contributed by atoms with Gasteiger partial charge in [-0.05, 0) is 56.1 Å². The lowest BCUT2D eigenvalue weighted by Gasteiger charge is -2.29. The first-order valence-electron chi connectivity index (χ1n) is 10.8. The number of carbonyl (C=O) groups is 5. The van der Waals surface area contributed by atoms with Gasteiger partial charge in [-0.25, -0.2) is 4.79 Å². The summed E-state index contributed by atoms with van der Waals surface area (Å²) in [6.07, 6.45) is 5.14. The lowest BCUT2D eigenvalue weighted by Crippen LogP contribution is -2.57. The van der Waals surface area contributed by atoms with Gasteiger partial charge in [0.2, 0.25) is 23.6 Å². The minimum absolute atomic E-state index is 0.0703. The highest BCUT2D eigenvalue weighted by atomic mass is 32.2. The van der Waals surface area contributed by atoms with Crippen molar-refractivity contribution in [2.75, 3.05) is 30.6 Å². The van der Waals surface area contributed by atoms with Crippen molar-refractivity contribution < 1.29 is 29.1 Å². The van der Waals surface area contributed by atoms with E-state index in [-0.39, 0.29) is 19.4 Å². The molecule has 1 aliphatic rings. The number of amides is 4. The zero-order chi connectivity index (χ0) is 25.0. The third-order valence-corrected chi connectivity index (χ3v) is 6.62. The van der Waals surface area contributed by atoms with E-state index in [1.807, 2.05) is 12.5 Å². The van der Waals surface area contributed by atoms with Gasteiger partial charge in [-0.2, -0.15) is 23.5 Å². The van der Waals surface area contributed by atoms with Gasteiger partial charge in [-0.15, -0.1) is 0 Å². The fraction of sp³-hybridized carbons (Fsp3) is 0.750. The summed E-state index contributed by atoms with van der Waals surface area (Å²) in [7, 11) is 0. The molecule has 4 amide bonds. The predicted octanol–water partition coefficient (Wildman–Crippen LogP) is -0.869. The molecule has 0 bridgehead atoms. The quantitative estimate of drug-likeness (QED) is 0.189. The van der Waals surface area contributed by atoms with Gasteiger partial charge in [0, 0.05) is 13.0 Å². The van der Waals surface area contributed by atoms with Gasteiger partial charge >= 0.3 is 5.97 Å². The molecular formula is C20H35N5O6S2. The Morgan fingerprint density at radius 3 is 2.18 bits per heavy atom. The molecule has 0 aromatic carbocycles. The fourth-order valence-electron chi connectivity index (χ4n) is 3.46. The molecule has 13 heteroatoms. The Morgan fingerprint density at radius 2 is 1.61 bits per heavy atom. The van der Waals surface area contributed by atoms with E-state index in [1.165, 1.54) is 16.7 Å². The number of carboxylic acids is 1. The molecule has 1 fully saturated rings. The van der Waals surface area contributed by atoms with E-state index in [4.69, 9.17) is 11.5 Å². The maximum Gasteiger partial charge on any atom is 0.326 e. The number of nitrogens with two attached hydrogens (primary N) is 2. The monoisotopic (exact) mass is 505 g/mol. The number of hydrogen-bond donors (Lipinski definition) is 5. The van der Waals surface area contributed by atoms with Crippen molar-refractivity contribution in [3.8, 4) is 0 Å². The second kappa shape index (κ2) is 15.0. The van der Waals surface area contributed by atoms with Gasteiger partial charge in [0.25, 0.3) is 0 Å². The van der Waals surface area contributed by atoms with Crippen LogP contribution in [0.25, 0.3) is 0 Å². The average Bonchev–Trinajstić information content (AvgIpc) is 3.27. The first-order valence-corrected chi connectivity index (χ1v) is 13.6. The predicted molar refractivity (Wildman–Crippen MR) is 129 cm³/mol. The Kier molecular flexibility index (Phi) is 13.2. The van der Waals surface area contributed by atoms with Crippen molar-refractivity contribution in [3.63, 3.8) is 0 Å². The summed E-state index contributed by atoms with van der Waals surface area (Å²) in [4.78, 5) is 62.6. The lowest BCUT2D eigenvalue weighted by molar-refractivity contribution is -0.149. The van der Waals surface area contributed by atoms with Crippen molar-refractivity contribution >= 4 is 53.1 Å². The fourth-order valence-corrected chi connectivity index (χ4v) is 4.42. The van der Waals surface area contributed by atoms with Gasteiger partial charge in [0.05, 0.1) is 6.04 Å². The number of thioether (sulfide) groups is 2. The summed E-state index contributed by atoms with van der Waals surface area (Å²) in [6.45, 7) is 0.246.